The highest BCUT2D eigenvalue weighted by atomic mass is 16.6. The van der Waals surface area contributed by atoms with Crippen LogP contribution in [0, 0.1) is 7.05 Å². The van der Waals surface area contributed by atoms with Gasteiger partial charge in [0.05, 0.1) is 26.2 Å². The second-order valence-electron chi connectivity index (χ2n) is 4.85. The number of hydrogen-bond donors (Lipinski definition) is 2. The van der Waals surface area contributed by atoms with Crippen LogP contribution in [0.15, 0.2) is 0 Å². The quantitative estimate of drug-likeness (QED) is 0.575. The van der Waals surface area contributed by atoms with E-state index in [9.17, 15) is 4.79 Å². The van der Waals surface area contributed by atoms with Gasteiger partial charge in [-0.05, 0) is 20.8 Å². The Hall–Kier alpha value is -0.810. The second kappa shape index (κ2) is 4.81. The van der Waals surface area contributed by atoms with Crippen LogP contribution in [0.5, 0.6) is 0 Å². The van der Waals surface area contributed by atoms with Gasteiger partial charge in [0.1, 0.15) is 5.60 Å². The van der Waals surface area contributed by atoms with E-state index in [-0.39, 0.29) is 6.09 Å². The Morgan fingerprint density at radius 2 is 1.93 bits per heavy atom. The number of piperazine rings is 1. The first-order chi connectivity index (χ1) is 6.87. The van der Waals surface area contributed by atoms with Crippen LogP contribution >= 0.6 is 0 Å². The minimum absolute atomic E-state index is 0.380. The third-order valence-corrected chi connectivity index (χ3v) is 2.12. The monoisotopic (exact) mass is 215 g/mol. The van der Waals surface area contributed by atoms with Crippen molar-refractivity contribution in [2.75, 3.05) is 26.2 Å². The topological polar surface area (TPSA) is 46.0 Å². The number of quaternary nitrogens is 1. The highest BCUT2D eigenvalue weighted by Crippen LogP contribution is 2.06. The number of carbonyl (C=O) groups excluding carboxylic acids is 1. The van der Waals surface area contributed by atoms with E-state index in [1.165, 1.54) is 4.90 Å². The number of hydrogen-bond acceptors (Lipinski definition) is 3. The predicted molar refractivity (Wildman–Crippen MR) is 57.0 cm³/mol. The maximum atomic E-state index is 11.4. The molecule has 0 aromatic carbocycles. The molecule has 0 radical (unpaired) electrons. The van der Waals surface area contributed by atoms with E-state index >= 15 is 0 Å². The smallest absolute Gasteiger partial charge is 0.422 e. The van der Waals surface area contributed by atoms with Gasteiger partial charge in [-0.1, -0.05) is 0 Å². The lowest BCUT2D eigenvalue weighted by atomic mass is 10.2. The van der Waals surface area contributed by atoms with Crippen molar-refractivity contribution in [2.45, 2.75) is 26.4 Å². The van der Waals surface area contributed by atoms with Gasteiger partial charge in [-0.3, -0.25) is 5.43 Å². The van der Waals surface area contributed by atoms with Crippen molar-refractivity contribution >= 4 is 6.09 Å². The molecule has 0 saturated carbocycles. The summed E-state index contributed by atoms with van der Waals surface area (Å²) in [5.41, 5.74) is 2.29. The van der Waals surface area contributed by atoms with Crippen molar-refractivity contribution in [3.05, 3.63) is 7.05 Å². The maximum Gasteiger partial charge on any atom is 0.422 e. The molecule has 2 N–H and O–H groups in total. The molecule has 0 spiro atoms. The Labute approximate surface area is 91.3 Å². The summed E-state index contributed by atoms with van der Waals surface area (Å²) in [4.78, 5) is 12.7. The molecule has 0 bridgehead atoms. The van der Waals surface area contributed by atoms with Gasteiger partial charge in [0, 0.05) is 0 Å². The highest BCUT2D eigenvalue weighted by molar-refractivity contribution is 5.67. The third-order valence-electron chi connectivity index (χ3n) is 2.12. The van der Waals surface area contributed by atoms with E-state index in [1.54, 1.807) is 0 Å². The van der Waals surface area contributed by atoms with Gasteiger partial charge in [-0.25, -0.2) is 9.80 Å². The van der Waals surface area contributed by atoms with Crippen LogP contribution in [0.3, 0.4) is 0 Å². The summed E-state index contributed by atoms with van der Waals surface area (Å²) >= 11 is 0. The average Bonchev–Trinajstić information content (AvgIpc) is 2.05. The Bertz CT molecular complexity index is 217. The number of amides is 1. The Morgan fingerprint density at radius 1 is 1.40 bits per heavy atom. The van der Waals surface area contributed by atoms with Crippen molar-refractivity contribution < 1.29 is 14.4 Å². The van der Waals surface area contributed by atoms with Crippen LogP contribution in [0.2, 0.25) is 0 Å². The molecule has 1 heterocycles. The molecule has 15 heavy (non-hydrogen) atoms. The molecule has 1 aliphatic heterocycles. The van der Waals surface area contributed by atoms with E-state index in [4.69, 9.17) is 4.74 Å². The van der Waals surface area contributed by atoms with Gasteiger partial charge in [0.25, 0.3) is 0 Å². The van der Waals surface area contributed by atoms with Crippen molar-refractivity contribution in [3.8, 4) is 0 Å². The summed E-state index contributed by atoms with van der Waals surface area (Å²) in [5, 5.41) is 1.88. The third kappa shape index (κ3) is 4.99. The van der Waals surface area contributed by atoms with Crippen molar-refractivity contribution in [3.63, 3.8) is 0 Å². The zero-order valence-electron chi connectivity index (χ0n) is 9.80. The summed E-state index contributed by atoms with van der Waals surface area (Å²) < 4.78 is 5.15. The van der Waals surface area contributed by atoms with E-state index in [1.807, 2.05) is 25.8 Å². The van der Waals surface area contributed by atoms with Crippen molar-refractivity contribution in [1.29, 1.82) is 0 Å². The fourth-order valence-electron chi connectivity index (χ4n) is 1.36. The van der Waals surface area contributed by atoms with Gasteiger partial charge in [-0.15, -0.1) is 0 Å². The largest absolute Gasteiger partial charge is 0.466 e. The summed E-state index contributed by atoms with van der Waals surface area (Å²) in [7, 11) is 3.92. The molecule has 88 valence electrons. The molecule has 5 nitrogen and oxygen atoms in total. The van der Waals surface area contributed by atoms with Gasteiger partial charge in [-0.2, -0.15) is 7.05 Å². The number of ether oxygens (including phenoxy) is 1. The molecule has 1 rings (SSSR count). The summed E-state index contributed by atoms with van der Waals surface area (Å²) in [6, 6.07) is 0. The molecule has 0 unspecified atom stereocenters. The first-order valence-electron chi connectivity index (χ1n) is 5.28. The lowest BCUT2D eigenvalue weighted by Crippen LogP contribution is -3.10. The van der Waals surface area contributed by atoms with Crippen LogP contribution in [0.4, 0.5) is 4.79 Å². The minimum atomic E-state index is -0.441. The van der Waals surface area contributed by atoms with E-state index < -0.39 is 5.60 Å². The maximum absolute atomic E-state index is 11.4. The van der Waals surface area contributed by atoms with Crippen LogP contribution in [0.1, 0.15) is 20.8 Å². The van der Waals surface area contributed by atoms with E-state index in [0.29, 0.717) is 0 Å². The lowest BCUT2D eigenvalue weighted by Gasteiger charge is -2.34. The molecular formula is C10H21N3O2. The van der Waals surface area contributed by atoms with Crippen molar-refractivity contribution in [2.24, 2.45) is 0 Å². The number of nitrogens with one attached hydrogen (secondary N) is 2. The Balaban J connectivity index is 2.27. The van der Waals surface area contributed by atoms with Crippen LogP contribution in [-0.2, 0) is 4.74 Å². The van der Waals surface area contributed by atoms with Crippen LogP contribution < -0.4 is 10.3 Å². The molecule has 0 atom stereocenters. The molecule has 0 aliphatic carbocycles. The number of nitrogens with zero attached hydrogens (tertiary/aromatic N) is 1. The average molecular weight is 215 g/mol. The van der Waals surface area contributed by atoms with Crippen LogP contribution in [0.25, 0.3) is 0 Å². The minimum Gasteiger partial charge on any atom is -0.466 e. The standard InChI is InChI=1S/C10H21N3O2/c1-10(2,3)15-9(14)11-13-7-5-12(4)6-8-13/h12H,4-8H2,1-3H3,(H,11,14). The zero-order valence-corrected chi connectivity index (χ0v) is 9.80. The van der Waals surface area contributed by atoms with Crippen molar-refractivity contribution in [1.82, 2.24) is 10.4 Å². The molecule has 5 heteroatoms. The fourth-order valence-corrected chi connectivity index (χ4v) is 1.36. The number of carbonyl (C=O) groups is 1. The van der Waals surface area contributed by atoms with Gasteiger partial charge >= 0.3 is 6.09 Å². The van der Waals surface area contributed by atoms with E-state index in [2.05, 4.69) is 12.5 Å². The molecule has 1 aliphatic rings. The summed E-state index contributed by atoms with van der Waals surface area (Å²) in [5.74, 6) is 0. The molecule has 1 fully saturated rings. The highest BCUT2D eigenvalue weighted by Gasteiger charge is 2.20. The normalized spacial score (nSPS) is 20.0. The SMILES string of the molecule is [CH2-][NH+]1CCN(NC(=O)OC(C)(C)C)CC1. The molecule has 1 amide bonds. The van der Waals surface area contributed by atoms with Gasteiger partial charge in [0.15, 0.2) is 0 Å². The molecule has 0 aromatic heterocycles. The second-order valence-corrected chi connectivity index (χ2v) is 4.85. The molecule has 0 aromatic rings. The summed E-state index contributed by atoms with van der Waals surface area (Å²) in [6.45, 7) is 9.07. The van der Waals surface area contributed by atoms with Crippen LogP contribution in [-0.4, -0.2) is 42.9 Å². The van der Waals surface area contributed by atoms with Gasteiger partial charge < -0.3 is 9.64 Å². The number of rotatable bonds is 1. The Morgan fingerprint density at radius 3 is 2.40 bits per heavy atom. The molecular weight excluding hydrogens is 194 g/mol. The Kier molecular flexibility index (Phi) is 3.93. The van der Waals surface area contributed by atoms with E-state index in [0.717, 1.165) is 26.2 Å². The fraction of sp³-hybridized carbons (Fsp3) is 0.800. The molecule has 1 saturated heterocycles. The number of hydrazine groups is 1. The lowest BCUT2D eigenvalue weighted by molar-refractivity contribution is -0.859. The predicted octanol–water partition coefficient (Wildman–Crippen LogP) is -0.582. The zero-order chi connectivity index (χ0) is 11.5. The first-order valence-corrected chi connectivity index (χ1v) is 5.28. The summed E-state index contributed by atoms with van der Waals surface area (Å²) in [6.07, 6.45) is -0.380. The first kappa shape index (κ1) is 12.3. The van der Waals surface area contributed by atoms with Gasteiger partial charge in [0.2, 0.25) is 0 Å².